The van der Waals surface area contributed by atoms with Crippen LogP contribution in [0.4, 0.5) is 40.8 Å². The summed E-state index contributed by atoms with van der Waals surface area (Å²) in [5.74, 6) is -5.99. The second-order valence-electron chi connectivity index (χ2n) is 5.67. The molecule has 0 aliphatic rings. The molecule has 0 aliphatic heterocycles. The van der Waals surface area contributed by atoms with Gasteiger partial charge < -0.3 is 5.11 Å². The van der Waals surface area contributed by atoms with Crippen LogP contribution in [0.1, 0.15) is 16.7 Å². The number of nitro groups is 1. The molecule has 0 saturated carbocycles. The Morgan fingerprint density at radius 2 is 1.25 bits per heavy atom. The van der Waals surface area contributed by atoms with Gasteiger partial charge in [0.1, 0.15) is 0 Å². The summed E-state index contributed by atoms with van der Waals surface area (Å²) < 4.78 is 106. The lowest BCUT2D eigenvalue weighted by Gasteiger charge is -2.37. The van der Waals surface area contributed by atoms with Crippen LogP contribution in [0.15, 0.2) is 48.5 Å². The van der Waals surface area contributed by atoms with Gasteiger partial charge in [-0.1, -0.05) is 24.3 Å². The molecule has 0 amide bonds. The first-order valence-corrected chi connectivity index (χ1v) is 7.22. The van der Waals surface area contributed by atoms with Crippen molar-refractivity contribution in [1.82, 2.24) is 0 Å². The normalized spacial score (nSPS) is 15.2. The number of benzene rings is 2. The second kappa shape index (κ2) is 6.69. The predicted octanol–water partition coefficient (Wildman–Crippen LogP) is 5.05. The zero-order chi connectivity index (χ0) is 21.5. The van der Waals surface area contributed by atoms with E-state index in [-0.39, 0.29) is 12.1 Å². The van der Waals surface area contributed by atoms with E-state index in [1.165, 1.54) is 0 Å². The van der Waals surface area contributed by atoms with Crippen molar-refractivity contribution in [2.75, 3.05) is 0 Å². The largest absolute Gasteiger partial charge is 0.457 e. The van der Waals surface area contributed by atoms with Crippen LogP contribution in [0, 0.1) is 10.1 Å². The molecule has 2 rings (SSSR count). The first-order chi connectivity index (χ1) is 12.6. The standard InChI is InChI=1S/C16H9F8NO3/c17-14(18,19)11-5-1-3-9(7-11)13(26,15(20,21)16(22,23)24)10-4-2-6-12(8-10)25(27)28/h1-8,26H. The third-order valence-corrected chi connectivity index (χ3v) is 3.89. The second-order valence-corrected chi connectivity index (χ2v) is 5.67. The topological polar surface area (TPSA) is 63.4 Å². The molecule has 0 aromatic heterocycles. The van der Waals surface area contributed by atoms with Gasteiger partial charge in [-0.3, -0.25) is 10.1 Å². The van der Waals surface area contributed by atoms with Crippen LogP contribution in [0.2, 0.25) is 0 Å². The van der Waals surface area contributed by atoms with Crippen molar-refractivity contribution in [2.45, 2.75) is 23.9 Å². The molecular formula is C16H9F8NO3. The summed E-state index contributed by atoms with van der Waals surface area (Å²) in [6.45, 7) is 0. The average Bonchev–Trinajstić information content (AvgIpc) is 2.59. The Kier molecular flexibility index (Phi) is 5.15. The van der Waals surface area contributed by atoms with Gasteiger partial charge in [0, 0.05) is 17.7 Å². The number of halogens is 8. The molecule has 152 valence electrons. The van der Waals surface area contributed by atoms with E-state index < -0.39 is 51.2 Å². The number of aliphatic hydroxyl groups is 1. The van der Waals surface area contributed by atoms with Crippen molar-refractivity contribution in [3.05, 3.63) is 75.3 Å². The summed E-state index contributed by atoms with van der Waals surface area (Å²) in [4.78, 5) is 9.69. The van der Waals surface area contributed by atoms with Crippen LogP contribution >= 0.6 is 0 Å². The number of hydrogen-bond acceptors (Lipinski definition) is 3. The number of rotatable bonds is 4. The third-order valence-electron chi connectivity index (χ3n) is 3.89. The van der Waals surface area contributed by atoms with Crippen molar-refractivity contribution in [2.24, 2.45) is 0 Å². The third kappa shape index (κ3) is 3.51. The number of nitrogens with zero attached hydrogens (tertiary/aromatic N) is 1. The molecule has 12 heteroatoms. The zero-order valence-electron chi connectivity index (χ0n) is 13.4. The van der Waals surface area contributed by atoms with Crippen LogP contribution in [0.3, 0.4) is 0 Å². The van der Waals surface area contributed by atoms with Crippen molar-refractivity contribution in [3.8, 4) is 0 Å². The molecular weight excluding hydrogens is 406 g/mol. The molecule has 1 atom stereocenters. The minimum absolute atomic E-state index is 0.0709. The molecule has 0 aliphatic carbocycles. The monoisotopic (exact) mass is 415 g/mol. The highest BCUT2D eigenvalue weighted by molar-refractivity contribution is 5.46. The highest BCUT2D eigenvalue weighted by atomic mass is 19.4. The van der Waals surface area contributed by atoms with Crippen molar-refractivity contribution in [1.29, 1.82) is 0 Å². The van der Waals surface area contributed by atoms with Gasteiger partial charge in [0.2, 0.25) is 0 Å². The Morgan fingerprint density at radius 3 is 1.71 bits per heavy atom. The van der Waals surface area contributed by atoms with Crippen molar-refractivity contribution < 1.29 is 45.2 Å². The van der Waals surface area contributed by atoms with E-state index in [0.29, 0.717) is 24.3 Å². The molecule has 0 spiro atoms. The maximum absolute atomic E-state index is 14.3. The van der Waals surface area contributed by atoms with Crippen LogP contribution in [-0.2, 0) is 11.8 Å². The quantitative estimate of drug-likeness (QED) is 0.432. The first kappa shape index (κ1) is 21.5. The smallest absolute Gasteiger partial charge is 0.374 e. The molecule has 28 heavy (non-hydrogen) atoms. The minimum Gasteiger partial charge on any atom is -0.374 e. The van der Waals surface area contributed by atoms with Crippen LogP contribution < -0.4 is 0 Å². The summed E-state index contributed by atoms with van der Waals surface area (Å²) in [7, 11) is 0. The average molecular weight is 415 g/mol. The highest BCUT2D eigenvalue weighted by Gasteiger charge is 2.71. The van der Waals surface area contributed by atoms with Crippen LogP contribution in [0.25, 0.3) is 0 Å². The van der Waals surface area contributed by atoms with Gasteiger partial charge in [0.05, 0.1) is 10.5 Å². The Hall–Kier alpha value is -2.76. The Labute approximate surface area is 151 Å². The molecule has 0 heterocycles. The van der Waals surface area contributed by atoms with Gasteiger partial charge in [0.15, 0.2) is 5.60 Å². The minimum atomic E-state index is -6.39. The molecule has 0 radical (unpaired) electrons. The van der Waals surface area contributed by atoms with Gasteiger partial charge in [-0.2, -0.15) is 35.1 Å². The summed E-state index contributed by atoms with van der Waals surface area (Å²) in [6.07, 6.45) is -11.5. The van der Waals surface area contributed by atoms with E-state index in [2.05, 4.69) is 0 Å². The molecule has 0 bridgehead atoms. The summed E-state index contributed by atoms with van der Waals surface area (Å²) in [5.41, 5.74) is -9.64. The number of alkyl halides is 8. The molecule has 4 nitrogen and oxygen atoms in total. The Morgan fingerprint density at radius 1 is 0.786 bits per heavy atom. The van der Waals surface area contributed by atoms with E-state index in [0.717, 1.165) is 12.1 Å². The molecule has 2 aromatic carbocycles. The van der Waals surface area contributed by atoms with Gasteiger partial charge in [-0.15, -0.1) is 0 Å². The van der Waals surface area contributed by atoms with Crippen molar-refractivity contribution >= 4 is 5.69 Å². The van der Waals surface area contributed by atoms with Crippen LogP contribution in [-0.4, -0.2) is 22.1 Å². The zero-order valence-corrected chi connectivity index (χ0v) is 13.4. The molecule has 2 aromatic rings. The van der Waals surface area contributed by atoms with E-state index >= 15 is 0 Å². The predicted molar refractivity (Wildman–Crippen MR) is 78.5 cm³/mol. The number of nitro benzene ring substituents is 1. The van der Waals surface area contributed by atoms with E-state index in [1.54, 1.807) is 0 Å². The van der Waals surface area contributed by atoms with Gasteiger partial charge in [-0.05, 0) is 17.7 Å². The van der Waals surface area contributed by atoms with E-state index in [4.69, 9.17) is 0 Å². The van der Waals surface area contributed by atoms with Crippen molar-refractivity contribution in [3.63, 3.8) is 0 Å². The highest BCUT2D eigenvalue weighted by Crippen LogP contribution is 2.52. The lowest BCUT2D eigenvalue weighted by molar-refractivity contribution is -0.385. The fourth-order valence-corrected chi connectivity index (χ4v) is 2.50. The summed E-state index contributed by atoms with van der Waals surface area (Å²) >= 11 is 0. The number of hydrogen-bond donors (Lipinski definition) is 1. The van der Waals surface area contributed by atoms with E-state index in [9.17, 15) is 50.3 Å². The lowest BCUT2D eigenvalue weighted by atomic mass is 9.79. The molecule has 0 fully saturated rings. The fourth-order valence-electron chi connectivity index (χ4n) is 2.50. The first-order valence-electron chi connectivity index (χ1n) is 7.22. The summed E-state index contributed by atoms with van der Waals surface area (Å²) in [6, 6.07) is 3.54. The number of non-ortho nitro benzene ring substituents is 1. The van der Waals surface area contributed by atoms with E-state index in [1.807, 2.05) is 0 Å². The maximum atomic E-state index is 14.3. The molecule has 1 unspecified atom stereocenters. The Bertz CT molecular complexity index is 894. The summed E-state index contributed by atoms with van der Waals surface area (Å²) in [5, 5.41) is 21.3. The SMILES string of the molecule is O=[N+]([O-])c1cccc(C(O)(c2cccc(C(F)(F)F)c2)C(F)(F)C(F)(F)F)c1. The van der Waals surface area contributed by atoms with Gasteiger partial charge in [-0.25, -0.2) is 0 Å². The molecule has 0 saturated heterocycles. The van der Waals surface area contributed by atoms with Gasteiger partial charge >= 0.3 is 18.3 Å². The lowest BCUT2D eigenvalue weighted by Crippen LogP contribution is -2.55. The Balaban J connectivity index is 2.86. The molecule has 1 N–H and O–H groups in total. The fraction of sp³-hybridized carbons (Fsp3) is 0.250. The maximum Gasteiger partial charge on any atom is 0.457 e. The van der Waals surface area contributed by atoms with Gasteiger partial charge in [0.25, 0.3) is 5.69 Å². The van der Waals surface area contributed by atoms with Crippen LogP contribution in [0.5, 0.6) is 0 Å².